The molecule has 9 heteroatoms. The van der Waals surface area contributed by atoms with E-state index in [1.165, 1.54) is 23.3 Å². The van der Waals surface area contributed by atoms with E-state index in [9.17, 15) is 18.3 Å². The first-order chi connectivity index (χ1) is 18.8. The second-order valence-electron chi connectivity index (χ2n) is 9.73. The number of benzene rings is 4. The van der Waals surface area contributed by atoms with Gasteiger partial charge in [0.15, 0.2) is 0 Å². The maximum atomic E-state index is 12.6. The van der Waals surface area contributed by atoms with Gasteiger partial charge in [0.25, 0.3) is 15.9 Å². The topological polar surface area (TPSA) is 95.5 Å². The first-order valence-corrected chi connectivity index (χ1v) is 14.7. The van der Waals surface area contributed by atoms with E-state index in [0.717, 1.165) is 36.0 Å². The Bertz CT molecular complexity index is 1580. The molecule has 2 atom stereocenters. The van der Waals surface area contributed by atoms with Gasteiger partial charge in [-0.25, -0.2) is 13.1 Å². The summed E-state index contributed by atoms with van der Waals surface area (Å²) in [6.45, 7) is 0.448. The molecule has 0 fully saturated rings. The number of fused-ring (bicyclic) bond motifs is 1. The van der Waals surface area contributed by atoms with Gasteiger partial charge in [-0.15, -0.1) is 12.4 Å². The van der Waals surface area contributed by atoms with Gasteiger partial charge in [0.1, 0.15) is 0 Å². The lowest BCUT2D eigenvalue weighted by Gasteiger charge is -2.27. The van der Waals surface area contributed by atoms with E-state index in [4.69, 9.17) is 11.6 Å². The van der Waals surface area contributed by atoms with Crippen LogP contribution in [0.5, 0.6) is 0 Å². The maximum Gasteiger partial charge on any atom is 0.264 e. The third-order valence-corrected chi connectivity index (χ3v) is 8.61. The van der Waals surface area contributed by atoms with Crippen LogP contribution in [-0.2, 0) is 22.9 Å². The molecule has 40 heavy (non-hydrogen) atoms. The normalized spacial score (nSPS) is 15.4. The molecule has 0 spiro atoms. The van der Waals surface area contributed by atoms with E-state index >= 15 is 0 Å². The lowest BCUT2D eigenvalue weighted by Crippen LogP contribution is -2.37. The van der Waals surface area contributed by atoms with Crippen molar-refractivity contribution >= 4 is 39.9 Å². The fraction of sp³-hybridized carbons (Fsp3) is 0.194. The molecule has 0 aliphatic heterocycles. The van der Waals surface area contributed by atoms with E-state index in [1.54, 1.807) is 42.5 Å². The Morgan fingerprint density at radius 3 is 2.35 bits per heavy atom. The number of amides is 1. The van der Waals surface area contributed by atoms with E-state index in [-0.39, 0.29) is 28.9 Å². The highest BCUT2D eigenvalue weighted by molar-refractivity contribution is 7.90. The van der Waals surface area contributed by atoms with Crippen LogP contribution in [0.15, 0.2) is 102 Å². The molecule has 0 unspecified atom stereocenters. The van der Waals surface area contributed by atoms with Gasteiger partial charge in [-0.05, 0) is 83.5 Å². The molecule has 0 heterocycles. The molecule has 4 aromatic rings. The van der Waals surface area contributed by atoms with Crippen molar-refractivity contribution in [3.63, 3.8) is 0 Å². The van der Waals surface area contributed by atoms with Crippen molar-refractivity contribution in [2.75, 3.05) is 6.54 Å². The Morgan fingerprint density at radius 1 is 0.900 bits per heavy atom. The molecule has 0 saturated heterocycles. The molecule has 4 aromatic carbocycles. The number of nitrogens with one attached hydrogen (secondary N) is 2. The first-order valence-electron chi connectivity index (χ1n) is 12.8. The molecule has 0 saturated carbocycles. The number of hydrogen-bond acceptors (Lipinski definition) is 5. The van der Waals surface area contributed by atoms with Gasteiger partial charge in [-0.2, -0.15) is 0 Å². The fourth-order valence-corrected chi connectivity index (χ4v) is 6.07. The lowest BCUT2D eigenvalue weighted by molar-refractivity contribution is 0.0981. The fourth-order valence-electron chi connectivity index (χ4n) is 4.87. The first kappa shape index (κ1) is 29.8. The average molecular weight is 598 g/mol. The van der Waals surface area contributed by atoms with Crippen molar-refractivity contribution in [2.45, 2.75) is 36.3 Å². The molecule has 3 N–H and O–H groups in total. The van der Waals surface area contributed by atoms with Crippen molar-refractivity contribution in [1.82, 2.24) is 10.0 Å². The Balaban J connectivity index is 0.00000370. The van der Waals surface area contributed by atoms with Crippen LogP contribution in [0.1, 0.15) is 39.6 Å². The van der Waals surface area contributed by atoms with Gasteiger partial charge in [-0.1, -0.05) is 72.3 Å². The third kappa shape index (κ3) is 7.11. The minimum Gasteiger partial charge on any atom is -0.387 e. The Morgan fingerprint density at radius 2 is 1.62 bits per heavy atom. The summed E-state index contributed by atoms with van der Waals surface area (Å²) in [6, 6.07) is 28.6. The number of hydrogen-bond donors (Lipinski definition) is 3. The largest absolute Gasteiger partial charge is 0.387 e. The number of aliphatic hydroxyl groups is 1. The zero-order valence-electron chi connectivity index (χ0n) is 21.6. The Hall–Kier alpha value is -3.20. The number of rotatable bonds is 8. The van der Waals surface area contributed by atoms with E-state index in [0.29, 0.717) is 11.6 Å². The van der Waals surface area contributed by atoms with Crippen molar-refractivity contribution in [2.24, 2.45) is 0 Å². The van der Waals surface area contributed by atoms with Crippen LogP contribution in [0.25, 0.3) is 11.1 Å². The predicted octanol–water partition coefficient (Wildman–Crippen LogP) is 5.73. The van der Waals surface area contributed by atoms with Crippen molar-refractivity contribution in [3.8, 4) is 11.1 Å². The molecule has 1 aliphatic carbocycles. The van der Waals surface area contributed by atoms with Gasteiger partial charge in [0, 0.05) is 23.2 Å². The van der Waals surface area contributed by atoms with Gasteiger partial charge >= 0.3 is 0 Å². The Kier molecular flexibility index (Phi) is 9.66. The number of halogens is 2. The van der Waals surface area contributed by atoms with Crippen LogP contribution in [0.2, 0.25) is 5.02 Å². The van der Waals surface area contributed by atoms with Gasteiger partial charge in [0.05, 0.1) is 11.0 Å². The molecule has 0 bridgehead atoms. The van der Waals surface area contributed by atoms with Crippen LogP contribution in [0.4, 0.5) is 0 Å². The molecular weight excluding hydrogens is 567 g/mol. The standard InChI is InChI=1S/C31H29ClN2O4S.ClH/c32-27-6-4-5-25(18-27)30(35)20-33-28-16-15-22-11-14-24(17-26(22)19-28)21-9-12-23(13-10-21)31(36)34-39(37,38)29-7-2-1-3-8-29;/h1-14,17-18,28,30,33,35H,15-16,19-20H2,(H,34,36);1H/t28-,30+;/m0./s1. The zero-order chi connectivity index (χ0) is 27.4. The highest BCUT2D eigenvalue weighted by Gasteiger charge is 2.21. The number of carbonyl (C=O) groups excluding carboxylic acids is 1. The van der Waals surface area contributed by atoms with Gasteiger partial charge in [0.2, 0.25) is 0 Å². The Labute approximate surface area is 245 Å². The summed E-state index contributed by atoms with van der Waals surface area (Å²) in [6.07, 6.45) is 2.16. The average Bonchev–Trinajstić information content (AvgIpc) is 2.96. The molecular formula is C31H30Cl2N2O4S. The van der Waals surface area contributed by atoms with E-state index in [1.807, 2.05) is 24.3 Å². The molecule has 5 rings (SSSR count). The summed E-state index contributed by atoms with van der Waals surface area (Å²) in [5, 5.41) is 14.7. The summed E-state index contributed by atoms with van der Waals surface area (Å²) in [7, 11) is -3.94. The number of aliphatic hydroxyl groups excluding tert-OH is 1. The number of sulfonamides is 1. The predicted molar refractivity (Wildman–Crippen MR) is 160 cm³/mol. The zero-order valence-corrected chi connectivity index (χ0v) is 24.0. The lowest BCUT2D eigenvalue weighted by atomic mass is 9.86. The van der Waals surface area contributed by atoms with Crippen molar-refractivity contribution in [3.05, 3.63) is 124 Å². The molecule has 0 aromatic heterocycles. The van der Waals surface area contributed by atoms with E-state index in [2.05, 4.69) is 28.2 Å². The quantitative estimate of drug-likeness (QED) is 0.241. The van der Waals surface area contributed by atoms with Gasteiger partial charge in [-0.3, -0.25) is 4.79 Å². The second kappa shape index (κ2) is 13.0. The highest BCUT2D eigenvalue weighted by atomic mass is 35.5. The van der Waals surface area contributed by atoms with Crippen LogP contribution in [-0.4, -0.2) is 32.0 Å². The second-order valence-corrected chi connectivity index (χ2v) is 11.8. The van der Waals surface area contributed by atoms with Crippen molar-refractivity contribution < 1.29 is 18.3 Å². The van der Waals surface area contributed by atoms with Crippen LogP contribution in [0, 0.1) is 0 Å². The smallest absolute Gasteiger partial charge is 0.264 e. The van der Waals surface area contributed by atoms with Crippen LogP contribution < -0.4 is 10.0 Å². The van der Waals surface area contributed by atoms with Crippen LogP contribution in [0.3, 0.4) is 0 Å². The summed E-state index contributed by atoms with van der Waals surface area (Å²) in [5.74, 6) is -0.676. The molecule has 208 valence electrons. The minimum absolute atomic E-state index is 0. The highest BCUT2D eigenvalue weighted by Crippen LogP contribution is 2.28. The SMILES string of the molecule is Cl.O=C(NS(=O)(=O)c1ccccc1)c1ccc(-c2ccc3c(c2)C[C@@H](NC[C@@H](O)c2cccc(Cl)c2)CC3)cc1. The number of aryl methyl sites for hydroxylation is 1. The minimum atomic E-state index is -3.94. The number of carbonyl (C=O) groups is 1. The summed E-state index contributed by atoms with van der Waals surface area (Å²) < 4.78 is 27.1. The molecule has 1 aliphatic rings. The third-order valence-electron chi connectivity index (χ3n) is 7.03. The molecule has 1 amide bonds. The van der Waals surface area contributed by atoms with Gasteiger partial charge < -0.3 is 10.4 Å². The summed E-state index contributed by atoms with van der Waals surface area (Å²) in [5.41, 5.74) is 5.59. The monoisotopic (exact) mass is 596 g/mol. The van der Waals surface area contributed by atoms with Crippen molar-refractivity contribution in [1.29, 1.82) is 0 Å². The molecule has 0 radical (unpaired) electrons. The maximum absolute atomic E-state index is 12.6. The van der Waals surface area contributed by atoms with Crippen LogP contribution >= 0.6 is 24.0 Å². The molecule has 6 nitrogen and oxygen atoms in total. The summed E-state index contributed by atoms with van der Waals surface area (Å²) in [4.78, 5) is 12.6. The van der Waals surface area contributed by atoms with E-state index < -0.39 is 22.0 Å². The summed E-state index contributed by atoms with van der Waals surface area (Å²) >= 11 is 6.06.